The molecule has 0 aliphatic heterocycles. The van der Waals surface area contributed by atoms with E-state index in [-0.39, 0.29) is 50.3 Å². The molecule has 0 radical (unpaired) electrons. The Morgan fingerprint density at radius 2 is 2.03 bits per heavy atom. The molecule has 1 fully saturated rings. The number of hydrogen-bond acceptors (Lipinski definition) is 8. The van der Waals surface area contributed by atoms with Crippen LogP contribution in [0.2, 0.25) is 0 Å². The number of hydrogen-bond donors (Lipinski definition) is 0. The number of ether oxygens (including phenoxy) is 1. The normalized spacial score (nSPS) is 11.9. The van der Waals surface area contributed by atoms with E-state index in [9.17, 15) is 18.4 Å². The molecular formula is C25H17F2N5NiO3S. The van der Waals surface area contributed by atoms with Crippen LogP contribution in [0.1, 0.15) is 35.5 Å². The smallest absolute Gasteiger partial charge is 0.496 e. The van der Waals surface area contributed by atoms with E-state index in [1.807, 2.05) is 0 Å². The summed E-state index contributed by atoms with van der Waals surface area (Å²) in [5.41, 5.74) is 2.38. The molecule has 1 aliphatic rings. The average Bonchev–Trinajstić information content (AvgIpc) is 3.59. The fraction of sp³-hybridized carbons (Fsp3) is 0.200. The molecule has 0 N–H and O–H groups in total. The molecule has 5 rings (SSSR count). The van der Waals surface area contributed by atoms with Gasteiger partial charge in [0.25, 0.3) is 12.0 Å². The zero-order chi connectivity index (χ0) is 25.5. The van der Waals surface area contributed by atoms with E-state index in [1.54, 1.807) is 18.4 Å². The molecule has 1 aliphatic carbocycles. The molecule has 8 nitrogen and oxygen atoms in total. The fourth-order valence-corrected chi connectivity index (χ4v) is 3.40. The summed E-state index contributed by atoms with van der Waals surface area (Å²) in [5.74, 6) is 7.11. The SMILES string of the molecule is C(#CC1CC1)c1nn[c-]s1.COc1cnc(C(F)F)cc1-c1cc(-n2ccccc2=O)ncc1[C-]=O.[Ni+2]. The second kappa shape index (κ2) is 12.9. The van der Waals surface area contributed by atoms with Gasteiger partial charge >= 0.3 is 16.5 Å². The van der Waals surface area contributed by atoms with Gasteiger partial charge in [0.2, 0.25) is 0 Å². The fourth-order valence-electron chi connectivity index (χ4n) is 3.04. The van der Waals surface area contributed by atoms with Crippen LogP contribution < -0.4 is 10.3 Å². The van der Waals surface area contributed by atoms with Crippen molar-refractivity contribution >= 4 is 17.6 Å². The largest absolute Gasteiger partial charge is 2.00 e. The zero-order valence-electron chi connectivity index (χ0n) is 19.1. The molecule has 0 aromatic carbocycles. The number of aromatic nitrogens is 5. The Hall–Kier alpha value is -3.81. The Balaban J connectivity index is 0.000000288. The van der Waals surface area contributed by atoms with Crippen LogP contribution in [0.4, 0.5) is 8.78 Å². The summed E-state index contributed by atoms with van der Waals surface area (Å²) in [4.78, 5) is 31.0. The van der Waals surface area contributed by atoms with E-state index in [1.165, 1.54) is 60.4 Å². The minimum absolute atomic E-state index is 0. The van der Waals surface area contributed by atoms with Crippen molar-refractivity contribution in [2.45, 2.75) is 19.3 Å². The van der Waals surface area contributed by atoms with Crippen molar-refractivity contribution in [2.75, 3.05) is 7.11 Å². The first-order valence-electron chi connectivity index (χ1n) is 10.6. The molecule has 190 valence electrons. The Morgan fingerprint density at radius 1 is 1.22 bits per heavy atom. The van der Waals surface area contributed by atoms with Crippen molar-refractivity contribution < 1.29 is 34.8 Å². The first-order chi connectivity index (χ1) is 17.5. The van der Waals surface area contributed by atoms with E-state index in [0.29, 0.717) is 5.92 Å². The topological polar surface area (TPSA) is 99.9 Å². The van der Waals surface area contributed by atoms with Gasteiger partial charge in [0.15, 0.2) is 0 Å². The summed E-state index contributed by atoms with van der Waals surface area (Å²) in [6, 6.07) is 7.15. The Bertz CT molecular complexity index is 1480. The third-order valence-electron chi connectivity index (χ3n) is 4.98. The summed E-state index contributed by atoms with van der Waals surface area (Å²) in [6.45, 7) is 0. The van der Waals surface area contributed by atoms with E-state index >= 15 is 0 Å². The Kier molecular flexibility index (Phi) is 9.72. The van der Waals surface area contributed by atoms with Crippen molar-refractivity contribution in [1.82, 2.24) is 24.7 Å². The van der Waals surface area contributed by atoms with Crippen LogP contribution >= 0.6 is 11.3 Å². The number of halogens is 2. The third kappa shape index (κ3) is 7.12. The van der Waals surface area contributed by atoms with Crippen molar-refractivity contribution in [3.05, 3.63) is 81.1 Å². The van der Waals surface area contributed by atoms with Gasteiger partial charge in [-0.2, -0.15) is 0 Å². The molecule has 4 aromatic rings. The first kappa shape index (κ1) is 27.8. The molecule has 37 heavy (non-hydrogen) atoms. The number of alkyl halides is 2. The summed E-state index contributed by atoms with van der Waals surface area (Å²) < 4.78 is 32.5. The van der Waals surface area contributed by atoms with Crippen LogP contribution in [0.15, 0.2) is 53.7 Å². The van der Waals surface area contributed by atoms with Crippen molar-refractivity contribution in [3.8, 4) is 34.5 Å². The molecule has 0 amide bonds. The monoisotopic (exact) mass is 563 g/mol. The number of rotatable bonds is 5. The summed E-state index contributed by atoms with van der Waals surface area (Å²) in [5, 5.41) is 8.10. The minimum atomic E-state index is -2.79. The molecule has 0 bridgehead atoms. The van der Waals surface area contributed by atoms with Crippen LogP contribution in [0.3, 0.4) is 0 Å². The van der Waals surface area contributed by atoms with Crippen LogP contribution in [0.5, 0.6) is 5.75 Å². The molecular weight excluding hydrogens is 547 g/mol. The molecule has 4 heterocycles. The van der Waals surface area contributed by atoms with Gasteiger partial charge in [-0.25, -0.2) is 13.9 Å². The predicted octanol–water partition coefficient (Wildman–Crippen LogP) is 3.80. The number of pyridine rings is 3. The van der Waals surface area contributed by atoms with Crippen LogP contribution in [0, 0.1) is 23.3 Å². The second-order valence-electron chi connectivity index (χ2n) is 7.45. The van der Waals surface area contributed by atoms with E-state index in [0.717, 1.165) is 17.3 Å². The molecule has 1 saturated carbocycles. The van der Waals surface area contributed by atoms with Gasteiger partial charge < -0.3 is 25.9 Å². The van der Waals surface area contributed by atoms with Crippen LogP contribution in [-0.2, 0) is 21.3 Å². The number of nitrogens with zero attached hydrogens (tertiary/aromatic N) is 5. The maximum absolute atomic E-state index is 13.0. The van der Waals surface area contributed by atoms with Crippen molar-refractivity contribution in [2.24, 2.45) is 5.92 Å². The second-order valence-corrected chi connectivity index (χ2v) is 8.22. The van der Waals surface area contributed by atoms with Crippen LogP contribution in [-0.4, -0.2) is 38.1 Å². The maximum Gasteiger partial charge on any atom is 2.00 e. The molecule has 0 atom stereocenters. The van der Waals surface area contributed by atoms with Gasteiger partial charge in [-0.3, -0.25) is 19.4 Å². The average molecular weight is 564 g/mol. The van der Waals surface area contributed by atoms with E-state index in [4.69, 9.17) is 4.74 Å². The molecule has 4 aromatic heterocycles. The van der Waals surface area contributed by atoms with Gasteiger partial charge in [-0.15, -0.1) is 23.0 Å². The van der Waals surface area contributed by atoms with Gasteiger partial charge in [0, 0.05) is 23.2 Å². The Morgan fingerprint density at radius 3 is 2.65 bits per heavy atom. The quantitative estimate of drug-likeness (QED) is 0.207. The van der Waals surface area contributed by atoms with Gasteiger partial charge in [-0.05, 0) is 30.5 Å². The third-order valence-corrected chi connectivity index (χ3v) is 5.53. The Labute approximate surface area is 224 Å². The summed E-state index contributed by atoms with van der Waals surface area (Å²) >= 11 is 1.37. The number of methoxy groups -OCH3 is 1. The van der Waals surface area contributed by atoms with Gasteiger partial charge in [0.1, 0.15) is 17.3 Å². The van der Waals surface area contributed by atoms with Gasteiger partial charge in [0.05, 0.1) is 19.6 Å². The molecule has 0 saturated heterocycles. The van der Waals surface area contributed by atoms with E-state index < -0.39 is 12.1 Å². The van der Waals surface area contributed by atoms with Gasteiger partial charge in [-0.1, -0.05) is 23.8 Å². The predicted molar refractivity (Wildman–Crippen MR) is 128 cm³/mol. The van der Waals surface area contributed by atoms with Crippen molar-refractivity contribution in [3.63, 3.8) is 0 Å². The number of carbonyl (C=O) groups excluding carboxylic acids is 1. The van der Waals surface area contributed by atoms with Crippen molar-refractivity contribution in [1.29, 1.82) is 0 Å². The van der Waals surface area contributed by atoms with Crippen LogP contribution in [0.25, 0.3) is 16.9 Å². The standard InChI is InChI=1S/C18H12F2N3O3.C7H5N2S.Ni/c1-26-15-9-21-14(18(19)20)6-13(15)12-7-16(22-8-11(12)10-24)23-5-3-2-4-17(23)25;1-2-6(1)3-4-7-9-8-5-10-7;/h2-9,18H,1H3;6H,1-2H2;/q2*-1;+2. The zero-order valence-corrected chi connectivity index (χ0v) is 20.9. The molecule has 12 heteroatoms. The molecule has 0 unspecified atom stereocenters. The summed E-state index contributed by atoms with van der Waals surface area (Å²) in [6.07, 6.45) is 5.33. The molecule has 0 spiro atoms. The van der Waals surface area contributed by atoms with E-state index in [2.05, 4.69) is 37.5 Å². The summed E-state index contributed by atoms with van der Waals surface area (Å²) in [7, 11) is 1.36. The maximum atomic E-state index is 13.0. The minimum Gasteiger partial charge on any atom is -0.496 e. The first-order valence-corrected chi connectivity index (χ1v) is 11.4.